The third-order valence-corrected chi connectivity index (χ3v) is 5.68. The fraction of sp³-hybridized carbons (Fsp3) is 0.280. The minimum Gasteiger partial charge on any atom is -0.360 e. The van der Waals surface area contributed by atoms with Gasteiger partial charge in [-0.1, -0.05) is 48.5 Å². The first kappa shape index (κ1) is 21.5. The second-order valence-electron chi connectivity index (χ2n) is 7.99. The van der Waals surface area contributed by atoms with E-state index in [9.17, 15) is 9.59 Å². The summed E-state index contributed by atoms with van der Waals surface area (Å²) in [5.74, 6) is 0.809. The quantitative estimate of drug-likeness (QED) is 0.599. The molecule has 1 aromatic heterocycles. The van der Waals surface area contributed by atoms with Crippen molar-refractivity contribution in [3.05, 3.63) is 84.1 Å². The van der Waals surface area contributed by atoms with Crippen molar-refractivity contribution in [3.63, 3.8) is 0 Å². The molecule has 7 nitrogen and oxygen atoms in total. The second kappa shape index (κ2) is 10.5. The van der Waals surface area contributed by atoms with Crippen LogP contribution in [0, 0.1) is 5.92 Å². The molecule has 1 saturated heterocycles. The lowest BCUT2D eigenvalue weighted by Gasteiger charge is -2.32. The second-order valence-corrected chi connectivity index (χ2v) is 7.99. The zero-order valence-electron chi connectivity index (χ0n) is 17.9. The molecule has 0 bridgehead atoms. The molecule has 164 valence electrons. The minimum atomic E-state index is -0.329. The van der Waals surface area contributed by atoms with E-state index in [0.29, 0.717) is 17.4 Å². The number of nitrogens with one attached hydrogen (secondary N) is 2. The number of hydrogen-bond acceptors (Lipinski definition) is 5. The van der Waals surface area contributed by atoms with Gasteiger partial charge in [0.05, 0.1) is 6.54 Å². The van der Waals surface area contributed by atoms with Gasteiger partial charge in [0.15, 0.2) is 5.69 Å². The number of amides is 2. The van der Waals surface area contributed by atoms with E-state index in [4.69, 9.17) is 0 Å². The van der Waals surface area contributed by atoms with E-state index >= 15 is 0 Å². The molecule has 2 aromatic carbocycles. The van der Waals surface area contributed by atoms with Crippen LogP contribution in [0.2, 0.25) is 0 Å². The van der Waals surface area contributed by atoms with E-state index in [2.05, 4.69) is 45.1 Å². The smallest absolute Gasteiger partial charge is 0.276 e. The number of nitrogens with zero attached hydrogens (tertiary/aromatic N) is 3. The Morgan fingerprint density at radius 3 is 2.22 bits per heavy atom. The number of rotatable bonds is 7. The third kappa shape index (κ3) is 5.91. The predicted octanol–water partition coefficient (Wildman–Crippen LogP) is 3.62. The predicted molar refractivity (Wildman–Crippen MR) is 124 cm³/mol. The van der Waals surface area contributed by atoms with E-state index in [1.54, 1.807) is 24.3 Å². The SMILES string of the molecule is O=C(Nc1ccccc1)c1ccc(NCC(=O)N2CCC(Cc3ccccc3)CC2)nn1. The van der Waals surface area contributed by atoms with Crippen LogP contribution in [0.1, 0.15) is 28.9 Å². The number of benzene rings is 2. The van der Waals surface area contributed by atoms with Crippen molar-refractivity contribution in [1.29, 1.82) is 0 Å². The number of carbonyl (C=O) groups is 2. The monoisotopic (exact) mass is 429 g/mol. The molecule has 0 saturated carbocycles. The fourth-order valence-corrected chi connectivity index (χ4v) is 3.88. The largest absolute Gasteiger partial charge is 0.360 e. The van der Waals surface area contributed by atoms with Gasteiger partial charge < -0.3 is 15.5 Å². The molecule has 0 spiro atoms. The first-order valence-corrected chi connectivity index (χ1v) is 10.9. The summed E-state index contributed by atoms with van der Waals surface area (Å²) in [4.78, 5) is 26.7. The first-order chi connectivity index (χ1) is 15.7. The molecule has 1 aliphatic heterocycles. The van der Waals surface area contributed by atoms with Crippen LogP contribution in [0.5, 0.6) is 0 Å². The lowest BCUT2D eigenvalue weighted by Crippen LogP contribution is -2.41. The highest BCUT2D eigenvalue weighted by Gasteiger charge is 2.22. The van der Waals surface area contributed by atoms with E-state index in [1.807, 2.05) is 29.2 Å². The third-order valence-electron chi connectivity index (χ3n) is 5.68. The Hall–Kier alpha value is -3.74. The average Bonchev–Trinajstić information content (AvgIpc) is 2.84. The summed E-state index contributed by atoms with van der Waals surface area (Å²) in [5, 5.41) is 13.8. The van der Waals surface area contributed by atoms with Crippen molar-refractivity contribution in [1.82, 2.24) is 15.1 Å². The molecule has 2 amide bonds. The van der Waals surface area contributed by atoms with E-state index in [-0.39, 0.29) is 24.1 Å². The van der Waals surface area contributed by atoms with Gasteiger partial charge in [-0.15, -0.1) is 10.2 Å². The molecule has 3 aromatic rings. The van der Waals surface area contributed by atoms with Crippen molar-refractivity contribution in [3.8, 4) is 0 Å². The summed E-state index contributed by atoms with van der Waals surface area (Å²) >= 11 is 0. The van der Waals surface area contributed by atoms with Crippen molar-refractivity contribution in [2.24, 2.45) is 5.92 Å². The highest BCUT2D eigenvalue weighted by molar-refractivity contribution is 6.02. The molecular weight excluding hydrogens is 402 g/mol. The molecule has 0 atom stereocenters. The molecule has 4 rings (SSSR count). The molecule has 0 unspecified atom stereocenters. The molecule has 7 heteroatoms. The lowest BCUT2D eigenvalue weighted by atomic mass is 9.90. The number of hydrogen-bond donors (Lipinski definition) is 2. The van der Waals surface area contributed by atoms with Gasteiger partial charge >= 0.3 is 0 Å². The number of carbonyl (C=O) groups excluding carboxylic acids is 2. The highest BCUT2D eigenvalue weighted by atomic mass is 16.2. The van der Waals surface area contributed by atoms with E-state index in [1.165, 1.54) is 5.56 Å². The average molecular weight is 430 g/mol. The van der Waals surface area contributed by atoms with Gasteiger partial charge in [-0.05, 0) is 55.0 Å². The Bertz CT molecular complexity index is 1020. The van der Waals surface area contributed by atoms with E-state index < -0.39 is 0 Å². The standard InChI is InChI=1S/C25H27N5O2/c31-24(30-15-13-20(14-16-30)17-19-7-3-1-4-8-19)18-26-23-12-11-22(28-29-23)25(32)27-21-9-5-2-6-10-21/h1-12,20H,13-18H2,(H,26,29)(H,27,32). The maximum absolute atomic E-state index is 12.6. The molecule has 0 aliphatic carbocycles. The van der Waals surface area contributed by atoms with Gasteiger partial charge in [0.2, 0.25) is 5.91 Å². The van der Waals surface area contributed by atoms with Crippen molar-refractivity contribution in [2.45, 2.75) is 19.3 Å². The summed E-state index contributed by atoms with van der Waals surface area (Å²) in [6.07, 6.45) is 3.11. The number of piperidine rings is 1. The molecule has 1 aliphatic rings. The summed E-state index contributed by atoms with van der Waals surface area (Å²) in [7, 11) is 0. The molecule has 2 heterocycles. The van der Waals surface area contributed by atoms with E-state index in [0.717, 1.165) is 32.4 Å². The van der Waals surface area contributed by atoms with Crippen LogP contribution in [0.25, 0.3) is 0 Å². The normalized spacial score (nSPS) is 14.1. The van der Waals surface area contributed by atoms with Crippen LogP contribution in [0.15, 0.2) is 72.8 Å². The zero-order chi connectivity index (χ0) is 22.2. The topological polar surface area (TPSA) is 87.2 Å². The summed E-state index contributed by atoms with van der Waals surface area (Å²) in [5.41, 5.74) is 2.27. The van der Waals surface area contributed by atoms with Gasteiger partial charge in [0.1, 0.15) is 5.82 Å². The van der Waals surface area contributed by atoms with Crippen LogP contribution in [-0.2, 0) is 11.2 Å². The number of anilines is 2. The minimum absolute atomic E-state index is 0.0517. The Labute approximate surface area is 187 Å². The Kier molecular flexibility index (Phi) is 7.07. The number of aromatic nitrogens is 2. The number of likely N-dealkylation sites (tertiary alicyclic amines) is 1. The van der Waals surface area contributed by atoms with Crippen LogP contribution < -0.4 is 10.6 Å². The van der Waals surface area contributed by atoms with Gasteiger partial charge in [-0.25, -0.2) is 0 Å². The van der Waals surface area contributed by atoms with Gasteiger partial charge in [-0.2, -0.15) is 0 Å². The van der Waals surface area contributed by atoms with Gasteiger partial charge in [0.25, 0.3) is 5.91 Å². The number of para-hydroxylation sites is 1. The fourth-order valence-electron chi connectivity index (χ4n) is 3.88. The zero-order valence-corrected chi connectivity index (χ0v) is 17.9. The summed E-state index contributed by atoms with van der Waals surface area (Å²) in [6, 6.07) is 22.9. The van der Waals surface area contributed by atoms with Crippen molar-refractivity contribution >= 4 is 23.3 Å². The maximum atomic E-state index is 12.6. The van der Waals surface area contributed by atoms with Crippen LogP contribution in [-0.4, -0.2) is 46.5 Å². The summed E-state index contributed by atoms with van der Waals surface area (Å²) < 4.78 is 0. The van der Waals surface area contributed by atoms with Crippen molar-refractivity contribution in [2.75, 3.05) is 30.3 Å². The van der Waals surface area contributed by atoms with Gasteiger partial charge in [0, 0.05) is 18.8 Å². The van der Waals surface area contributed by atoms with Crippen LogP contribution in [0.3, 0.4) is 0 Å². The molecule has 0 radical (unpaired) electrons. The first-order valence-electron chi connectivity index (χ1n) is 10.9. The van der Waals surface area contributed by atoms with Crippen molar-refractivity contribution < 1.29 is 9.59 Å². The maximum Gasteiger partial charge on any atom is 0.276 e. The molecule has 2 N–H and O–H groups in total. The Morgan fingerprint density at radius 1 is 0.875 bits per heavy atom. The molecule has 1 fully saturated rings. The lowest BCUT2D eigenvalue weighted by molar-refractivity contribution is -0.130. The Morgan fingerprint density at radius 2 is 1.56 bits per heavy atom. The summed E-state index contributed by atoms with van der Waals surface area (Å²) in [6.45, 7) is 1.72. The van der Waals surface area contributed by atoms with Crippen LogP contribution in [0.4, 0.5) is 11.5 Å². The van der Waals surface area contributed by atoms with Gasteiger partial charge in [-0.3, -0.25) is 9.59 Å². The highest BCUT2D eigenvalue weighted by Crippen LogP contribution is 2.21. The molecule has 32 heavy (non-hydrogen) atoms. The molecular formula is C25H27N5O2. The Balaban J connectivity index is 1.21. The van der Waals surface area contributed by atoms with Crippen LogP contribution >= 0.6 is 0 Å².